The second-order valence-corrected chi connectivity index (χ2v) is 14.9. The van der Waals surface area contributed by atoms with Crippen molar-refractivity contribution in [3.05, 3.63) is 42.5 Å². The van der Waals surface area contributed by atoms with Gasteiger partial charge in [0.25, 0.3) is 0 Å². The molecule has 8 nitrogen and oxygen atoms in total. The number of hydrogen-bond donors (Lipinski definition) is 3. The van der Waals surface area contributed by atoms with Crippen LogP contribution in [0.15, 0.2) is 31.4 Å². The maximum atomic E-state index is 12.1. The van der Waals surface area contributed by atoms with E-state index < -0.39 is 16.9 Å². The zero-order chi connectivity index (χ0) is 36.3. The zero-order valence-electron chi connectivity index (χ0n) is 31.1. The molecule has 0 atom stereocenters. The molecule has 1 aromatic rings. The maximum Gasteiger partial charge on any atom is 0.225 e. The Labute approximate surface area is 275 Å². The van der Waals surface area contributed by atoms with Gasteiger partial charge in [-0.25, -0.2) is 0 Å². The van der Waals surface area contributed by atoms with E-state index in [1.54, 1.807) is 13.8 Å². The van der Waals surface area contributed by atoms with Crippen molar-refractivity contribution < 1.29 is 23.9 Å². The number of anilines is 1. The number of ether oxygens (including phenoxy) is 1. The first-order valence-electron chi connectivity index (χ1n) is 15.9. The number of carbonyl (C=O) groups excluding carboxylic acids is 4. The summed E-state index contributed by atoms with van der Waals surface area (Å²) >= 11 is 0. The molecule has 5 N–H and O–H groups in total. The molecule has 8 heteroatoms. The van der Waals surface area contributed by atoms with Gasteiger partial charge in [-0.2, -0.15) is 0 Å². The fourth-order valence-electron chi connectivity index (χ4n) is 4.53. The fourth-order valence-corrected chi connectivity index (χ4v) is 4.53. The van der Waals surface area contributed by atoms with Crippen LogP contribution in [-0.4, -0.2) is 35.7 Å². The van der Waals surface area contributed by atoms with Crippen molar-refractivity contribution in [1.29, 1.82) is 0 Å². The number of aryl methyl sites for hydroxylation is 1. The third-order valence-electron chi connectivity index (χ3n) is 6.47. The van der Waals surface area contributed by atoms with Gasteiger partial charge in [0.2, 0.25) is 17.7 Å². The molecule has 0 fully saturated rings. The van der Waals surface area contributed by atoms with Crippen LogP contribution >= 0.6 is 0 Å². The lowest BCUT2D eigenvalue weighted by Gasteiger charge is -2.30. The number of ketones is 1. The van der Waals surface area contributed by atoms with Crippen molar-refractivity contribution in [2.45, 2.75) is 134 Å². The highest BCUT2D eigenvalue weighted by Crippen LogP contribution is 2.36. The zero-order valence-corrected chi connectivity index (χ0v) is 31.1. The van der Waals surface area contributed by atoms with Crippen molar-refractivity contribution in [1.82, 2.24) is 0 Å². The van der Waals surface area contributed by atoms with Gasteiger partial charge in [0.15, 0.2) is 0 Å². The molecular formula is C37H67N3O5. The molecule has 3 amide bonds. The van der Waals surface area contributed by atoms with Gasteiger partial charge in [0.05, 0.1) is 17.6 Å². The minimum absolute atomic E-state index is 0.0562. The summed E-state index contributed by atoms with van der Waals surface area (Å²) in [6, 6.07) is 6.33. The van der Waals surface area contributed by atoms with Crippen molar-refractivity contribution in [3.8, 4) is 0 Å². The Morgan fingerprint density at radius 3 is 1.69 bits per heavy atom. The standard InChI is InChI=1S/C19H31NO.C11H21NO3.C5H11NO.C2H4/c1-13(2)10-18(21)20-17-9-8-15(5)11-16(17)19(6,7)12-14(3)4;1-8(13)6-11(4,5)15-7-10(2,3)9(12)14;1-4(2)3-5(6)7;1-2/h8-9,11,13-14H,10,12H2,1-7H3,(H,20,21);6-7H2,1-5H3,(H2,12,14);4H,3H2,1-2H3,(H2,6,7);1-2H2. The summed E-state index contributed by atoms with van der Waals surface area (Å²) in [5.74, 6) is 0.961. The molecule has 1 rings (SSSR count). The van der Waals surface area contributed by atoms with Gasteiger partial charge in [-0.05, 0) is 82.8 Å². The van der Waals surface area contributed by atoms with E-state index in [2.05, 4.69) is 79.1 Å². The minimum Gasteiger partial charge on any atom is -0.374 e. The van der Waals surface area contributed by atoms with Crippen molar-refractivity contribution in [2.24, 2.45) is 34.6 Å². The van der Waals surface area contributed by atoms with Crippen molar-refractivity contribution >= 4 is 29.2 Å². The van der Waals surface area contributed by atoms with Crippen LogP contribution in [0, 0.1) is 30.1 Å². The van der Waals surface area contributed by atoms with E-state index in [1.807, 2.05) is 33.8 Å². The number of Topliss-reactive ketones (excluding diaryl/α,β-unsaturated/α-hetero) is 1. The second-order valence-electron chi connectivity index (χ2n) is 14.9. The predicted molar refractivity (Wildman–Crippen MR) is 190 cm³/mol. The Morgan fingerprint density at radius 2 is 1.33 bits per heavy atom. The smallest absolute Gasteiger partial charge is 0.225 e. The molecule has 45 heavy (non-hydrogen) atoms. The molecule has 0 aliphatic rings. The quantitative estimate of drug-likeness (QED) is 0.179. The minimum atomic E-state index is -0.700. The van der Waals surface area contributed by atoms with Gasteiger partial charge < -0.3 is 21.5 Å². The summed E-state index contributed by atoms with van der Waals surface area (Å²) in [6.45, 7) is 34.0. The van der Waals surface area contributed by atoms with Gasteiger partial charge in [0.1, 0.15) is 5.78 Å². The lowest BCUT2D eigenvalue weighted by Crippen LogP contribution is -2.39. The van der Waals surface area contributed by atoms with Crippen LogP contribution in [-0.2, 0) is 29.3 Å². The third-order valence-corrected chi connectivity index (χ3v) is 6.47. The molecule has 0 radical (unpaired) electrons. The number of carbonyl (C=O) groups is 4. The van der Waals surface area contributed by atoms with E-state index >= 15 is 0 Å². The van der Waals surface area contributed by atoms with E-state index in [0.29, 0.717) is 37.0 Å². The topological polar surface area (TPSA) is 142 Å². The molecule has 0 aliphatic heterocycles. The van der Waals surface area contributed by atoms with Crippen LogP contribution in [0.5, 0.6) is 0 Å². The summed E-state index contributed by atoms with van der Waals surface area (Å²) in [4.78, 5) is 44.1. The van der Waals surface area contributed by atoms with Gasteiger partial charge >= 0.3 is 0 Å². The first-order chi connectivity index (χ1) is 20.3. The van der Waals surface area contributed by atoms with Crippen LogP contribution in [0.25, 0.3) is 0 Å². The number of hydrogen-bond acceptors (Lipinski definition) is 5. The largest absolute Gasteiger partial charge is 0.374 e. The van der Waals surface area contributed by atoms with Gasteiger partial charge in [0, 0.05) is 24.9 Å². The Morgan fingerprint density at radius 1 is 0.844 bits per heavy atom. The fraction of sp³-hybridized carbons (Fsp3) is 0.676. The number of primary amides is 2. The number of benzene rings is 1. The molecule has 0 saturated heterocycles. The highest BCUT2D eigenvalue weighted by Gasteiger charge is 2.30. The van der Waals surface area contributed by atoms with E-state index in [1.165, 1.54) is 18.1 Å². The summed E-state index contributed by atoms with van der Waals surface area (Å²) in [7, 11) is 0. The Bertz CT molecular complexity index is 1060. The molecule has 0 heterocycles. The summed E-state index contributed by atoms with van der Waals surface area (Å²) in [6.07, 6.45) is 2.50. The highest BCUT2D eigenvalue weighted by molar-refractivity contribution is 5.92. The average Bonchev–Trinajstić information content (AvgIpc) is 2.83. The van der Waals surface area contributed by atoms with Gasteiger partial charge in [-0.15, -0.1) is 13.2 Å². The van der Waals surface area contributed by atoms with Gasteiger partial charge in [-0.1, -0.05) is 73.1 Å². The molecule has 1 aromatic carbocycles. The third kappa shape index (κ3) is 24.0. The van der Waals surface area contributed by atoms with Crippen LogP contribution in [0.2, 0.25) is 0 Å². The van der Waals surface area contributed by atoms with E-state index in [-0.39, 0.29) is 29.6 Å². The predicted octanol–water partition coefficient (Wildman–Crippen LogP) is 7.90. The normalized spacial score (nSPS) is 11.4. The maximum absolute atomic E-state index is 12.1. The first kappa shape index (κ1) is 46.4. The molecular weight excluding hydrogens is 566 g/mol. The van der Waals surface area contributed by atoms with E-state index in [4.69, 9.17) is 16.2 Å². The lowest BCUT2D eigenvalue weighted by molar-refractivity contribution is -0.136. The molecule has 0 aliphatic carbocycles. The molecule has 0 unspecified atom stereocenters. The molecule has 0 spiro atoms. The number of rotatable bonds is 14. The van der Waals surface area contributed by atoms with Crippen LogP contribution in [0.4, 0.5) is 5.69 Å². The Hall–Kier alpha value is -3.00. The average molecular weight is 634 g/mol. The number of amides is 3. The number of nitrogens with one attached hydrogen (secondary N) is 1. The lowest BCUT2D eigenvalue weighted by atomic mass is 9.76. The molecule has 0 bridgehead atoms. The van der Waals surface area contributed by atoms with Crippen LogP contribution < -0.4 is 16.8 Å². The Kier molecular flexibility index (Phi) is 22.4. The highest BCUT2D eigenvalue weighted by atomic mass is 16.5. The monoisotopic (exact) mass is 634 g/mol. The summed E-state index contributed by atoms with van der Waals surface area (Å²) < 4.78 is 5.54. The number of nitrogens with two attached hydrogens (primary N) is 2. The van der Waals surface area contributed by atoms with Crippen molar-refractivity contribution in [3.63, 3.8) is 0 Å². The first-order valence-corrected chi connectivity index (χ1v) is 15.9. The molecule has 0 aromatic heterocycles. The molecule has 260 valence electrons. The second kappa shape index (κ2) is 21.7. The van der Waals surface area contributed by atoms with Gasteiger partial charge in [-0.3, -0.25) is 19.2 Å². The molecule has 0 saturated carbocycles. The van der Waals surface area contributed by atoms with Crippen LogP contribution in [0.3, 0.4) is 0 Å². The van der Waals surface area contributed by atoms with E-state index in [9.17, 15) is 19.2 Å². The SMILES string of the molecule is C=C.CC(=O)CC(C)(C)OCC(C)(C)C(N)=O.CC(C)CC(N)=O.Cc1ccc(NC(=O)CC(C)C)c(C(C)(C)CC(C)C)c1. The summed E-state index contributed by atoms with van der Waals surface area (Å²) in [5, 5.41) is 3.11. The van der Waals surface area contributed by atoms with Crippen molar-refractivity contribution in [2.75, 3.05) is 11.9 Å². The summed E-state index contributed by atoms with van der Waals surface area (Å²) in [5.41, 5.74) is 12.3. The van der Waals surface area contributed by atoms with E-state index in [0.717, 1.165) is 12.1 Å². The Balaban J connectivity index is -0.000000640. The van der Waals surface area contributed by atoms with Crippen LogP contribution in [0.1, 0.15) is 127 Å².